The minimum Gasteiger partial charge on any atom is -0.377 e. The quantitative estimate of drug-likeness (QED) is 0.634. The molecule has 2 heterocycles. The van der Waals surface area contributed by atoms with E-state index in [2.05, 4.69) is 16.3 Å². The average molecular weight is 460 g/mol. The highest BCUT2D eigenvalue weighted by atomic mass is 16.5. The molecule has 0 spiro atoms. The lowest BCUT2D eigenvalue weighted by Crippen LogP contribution is -2.60. The molecule has 0 aromatic rings. The molecular weight excluding hydrogens is 418 g/mol. The number of nitrogens with zero attached hydrogens (tertiary/aromatic N) is 3. The number of hydrogen-bond acceptors (Lipinski definition) is 5. The van der Waals surface area contributed by atoms with Crippen LogP contribution in [0.4, 0.5) is 4.79 Å². The first-order valence-electron chi connectivity index (χ1n) is 13.1. The van der Waals surface area contributed by atoms with Gasteiger partial charge in [-0.15, -0.1) is 0 Å². The van der Waals surface area contributed by atoms with Gasteiger partial charge in [-0.25, -0.2) is 4.79 Å². The van der Waals surface area contributed by atoms with Crippen LogP contribution in [0, 0.1) is 23.2 Å². The van der Waals surface area contributed by atoms with Crippen molar-refractivity contribution in [1.29, 1.82) is 5.26 Å². The van der Waals surface area contributed by atoms with Crippen LogP contribution in [0.2, 0.25) is 0 Å². The molecule has 4 aliphatic rings. The van der Waals surface area contributed by atoms with Crippen molar-refractivity contribution in [3.8, 4) is 6.07 Å². The summed E-state index contributed by atoms with van der Waals surface area (Å²) in [6, 6.07) is 2.12. The Morgan fingerprint density at radius 3 is 2.45 bits per heavy atom. The number of morpholine rings is 1. The highest BCUT2D eigenvalue weighted by Crippen LogP contribution is 2.34. The number of carbonyl (C=O) groups is 2. The average Bonchev–Trinajstić information content (AvgIpc) is 3.28. The molecule has 2 aliphatic carbocycles. The fourth-order valence-electron chi connectivity index (χ4n) is 6.60. The van der Waals surface area contributed by atoms with Gasteiger partial charge in [0.15, 0.2) is 0 Å². The number of amides is 3. The molecule has 2 saturated carbocycles. The molecule has 4 fully saturated rings. The molecule has 0 bridgehead atoms. The summed E-state index contributed by atoms with van der Waals surface area (Å²) in [6.07, 6.45) is 13.4. The van der Waals surface area contributed by atoms with E-state index in [0.717, 1.165) is 25.8 Å². The zero-order chi connectivity index (χ0) is 23.3. The third kappa shape index (κ3) is 5.81. The number of rotatable bonds is 6. The Kier molecular flexibility index (Phi) is 8.13. The Morgan fingerprint density at radius 2 is 1.79 bits per heavy atom. The molecule has 2 aliphatic heterocycles. The lowest BCUT2D eigenvalue weighted by Gasteiger charge is -2.41. The molecule has 3 N–H and O–H groups in total. The van der Waals surface area contributed by atoms with Crippen LogP contribution in [0.5, 0.6) is 0 Å². The first-order valence-corrected chi connectivity index (χ1v) is 13.1. The van der Waals surface area contributed by atoms with E-state index in [1.807, 2.05) is 0 Å². The molecule has 184 valence electrons. The largest absolute Gasteiger partial charge is 0.377 e. The van der Waals surface area contributed by atoms with Crippen LogP contribution in [0.1, 0.15) is 77.0 Å². The number of primary amides is 1. The van der Waals surface area contributed by atoms with Gasteiger partial charge >= 0.3 is 6.03 Å². The topological polar surface area (TPSA) is 112 Å². The second-order valence-corrected chi connectivity index (χ2v) is 10.7. The van der Waals surface area contributed by atoms with Gasteiger partial charge < -0.3 is 20.7 Å². The molecule has 4 rings (SSSR count). The first kappa shape index (κ1) is 24.3. The van der Waals surface area contributed by atoms with Gasteiger partial charge in [0, 0.05) is 25.7 Å². The van der Waals surface area contributed by atoms with Gasteiger partial charge in [-0.1, -0.05) is 51.4 Å². The van der Waals surface area contributed by atoms with E-state index in [4.69, 9.17) is 10.5 Å². The maximum absolute atomic E-state index is 13.8. The highest BCUT2D eigenvalue weighted by Gasteiger charge is 2.45. The van der Waals surface area contributed by atoms with Crippen LogP contribution in [0.3, 0.4) is 0 Å². The fourth-order valence-corrected chi connectivity index (χ4v) is 6.60. The molecule has 8 nitrogen and oxygen atoms in total. The highest BCUT2D eigenvalue weighted by molar-refractivity contribution is 5.82. The van der Waals surface area contributed by atoms with E-state index in [0.29, 0.717) is 44.7 Å². The Labute approximate surface area is 198 Å². The molecule has 3 amide bonds. The number of nitrogens with two attached hydrogens (primary N) is 1. The van der Waals surface area contributed by atoms with Crippen molar-refractivity contribution in [2.24, 2.45) is 17.6 Å². The van der Waals surface area contributed by atoms with E-state index in [9.17, 15) is 14.9 Å². The van der Waals surface area contributed by atoms with Gasteiger partial charge in [0.1, 0.15) is 5.54 Å². The SMILES string of the molecule is N#CC1(NC(=O)C(CC2CCCCC2)C2COCCN2C(N)=O)CCN(C2CCCCC2)C1. The summed E-state index contributed by atoms with van der Waals surface area (Å²) in [4.78, 5) is 30.0. The minimum atomic E-state index is -0.855. The van der Waals surface area contributed by atoms with E-state index in [1.54, 1.807) is 4.90 Å². The van der Waals surface area contributed by atoms with Crippen LogP contribution in [-0.4, -0.2) is 72.2 Å². The van der Waals surface area contributed by atoms with E-state index < -0.39 is 17.5 Å². The number of nitrogens with one attached hydrogen (secondary N) is 1. The lowest BCUT2D eigenvalue weighted by molar-refractivity contribution is -0.131. The monoisotopic (exact) mass is 459 g/mol. The molecule has 2 saturated heterocycles. The van der Waals surface area contributed by atoms with Crippen molar-refractivity contribution in [1.82, 2.24) is 15.1 Å². The fraction of sp³-hybridized carbons (Fsp3) is 0.880. The summed E-state index contributed by atoms with van der Waals surface area (Å²) < 4.78 is 5.70. The maximum Gasteiger partial charge on any atom is 0.315 e. The standard InChI is InChI=1S/C25H41N5O3/c26-17-25(11-12-29(18-25)20-9-5-2-6-10-20)28-23(31)21(15-19-7-3-1-4-8-19)22-16-33-14-13-30(22)24(27)32/h19-22H,1-16,18H2,(H2,27,32)(H,28,31). The number of carbonyl (C=O) groups excluding carboxylic acids is 2. The van der Waals surface area contributed by atoms with Crippen LogP contribution in [0.15, 0.2) is 0 Å². The van der Waals surface area contributed by atoms with Crippen molar-refractivity contribution in [2.75, 3.05) is 32.8 Å². The zero-order valence-corrected chi connectivity index (χ0v) is 20.0. The molecular formula is C25H41N5O3. The molecule has 3 atom stereocenters. The van der Waals surface area contributed by atoms with Gasteiger partial charge in [0.25, 0.3) is 0 Å². The van der Waals surface area contributed by atoms with E-state index >= 15 is 0 Å². The molecule has 0 aromatic carbocycles. The summed E-state index contributed by atoms with van der Waals surface area (Å²) in [5, 5.41) is 13.3. The zero-order valence-electron chi connectivity index (χ0n) is 20.0. The molecule has 0 aromatic heterocycles. The van der Waals surface area contributed by atoms with Crippen molar-refractivity contribution >= 4 is 11.9 Å². The van der Waals surface area contributed by atoms with Gasteiger partial charge in [-0.2, -0.15) is 5.26 Å². The van der Waals surface area contributed by atoms with Gasteiger partial charge in [0.2, 0.25) is 5.91 Å². The second kappa shape index (κ2) is 11.1. The number of ether oxygens (including phenoxy) is 1. The van der Waals surface area contributed by atoms with Crippen LogP contribution >= 0.6 is 0 Å². The number of hydrogen-bond donors (Lipinski definition) is 2. The third-order valence-corrected chi connectivity index (χ3v) is 8.53. The summed E-state index contributed by atoms with van der Waals surface area (Å²) in [7, 11) is 0. The van der Waals surface area contributed by atoms with Crippen LogP contribution in [0.25, 0.3) is 0 Å². The summed E-state index contributed by atoms with van der Waals surface area (Å²) in [5.41, 5.74) is 4.83. The first-order chi connectivity index (χ1) is 16.0. The van der Waals surface area contributed by atoms with Crippen molar-refractivity contribution < 1.29 is 14.3 Å². The number of likely N-dealkylation sites (tertiary alicyclic amines) is 1. The van der Waals surface area contributed by atoms with Crippen molar-refractivity contribution in [2.45, 2.75) is 94.7 Å². The van der Waals surface area contributed by atoms with Gasteiger partial charge in [0.05, 0.1) is 31.2 Å². The van der Waals surface area contributed by atoms with Gasteiger partial charge in [-0.3, -0.25) is 9.69 Å². The Balaban J connectivity index is 1.48. The molecule has 8 heteroatoms. The maximum atomic E-state index is 13.8. The Hall–Kier alpha value is -1.85. The van der Waals surface area contributed by atoms with E-state index in [-0.39, 0.29) is 11.9 Å². The molecule has 33 heavy (non-hydrogen) atoms. The summed E-state index contributed by atoms with van der Waals surface area (Å²) in [5.74, 6) is -0.0595. The summed E-state index contributed by atoms with van der Waals surface area (Å²) >= 11 is 0. The predicted molar refractivity (Wildman–Crippen MR) is 125 cm³/mol. The van der Waals surface area contributed by atoms with Crippen LogP contribution in [-0.2, 0) is 9.53 Å². The van der Waals surface area contributed by atoms with Crippen molar-refractivity contribution in [3.05, 3.63) is 0 Å². The van der Waals surface area contributed by atoms with Crippen molar-refractivity contribution in [3.63, 3.8) is 0 Å². The predicted octanol–water partition coefficient (Wildman–Crippen LogP) is 2.77. The third-order valence-electron chi connectivity index (χ3n) is 8.53. The molecule has 0 radical (unpaired) electrons. The van der Waals surface area contributed by atoms with Crippen LogP contribution < -0.4 is 11.1 Å². The minimum absolute atomic E-state index is 0.116. The second-order valence-electron chi connectivity index (χ2n) is 10.7. The van der Waals surface area contributed by atoms with Gasteiger partial charge in [-0.05, 0) is 31.6 Å². The number of nitriles is 1. The van der Waals surface area contributed by atoms with E-state index in [1.165, 1.54) is 51.4 Å². The lowest BCUT2D eigenvalue weighted by atomic mass is 9.79. The Morgan fingerprint density at radius 1 is 1.09 bits per heavy atom. The molecule has 3 unspecified atom stereocenters. The Bertz CT molecular complexity index is 728. The smallest absolute Gasteiger partial charge is 0.315 e. The number of urea groups is 1. The summed E-state index contributed by atoms with van der Waals surface area (Å²) in [6.45, 7) is 2.62. The normalized spacial score (nSPS) is 31.1.